The summed E-state index contributed by atoms with van der Waals surface area (Å²) in [6.45, 7) is 0. The van der Waals surface area contributed by atoms with Crippen molar-refractivity contribution in [3.8, 4) is 5.75 Å². The minimum Gasteiger partial charge on any atom is -0.496 e. The third kappa shape index (κ3) is 1.65. The molecule has 0 atom stereocenters. The average molecular weight is 325 g/mol. The molecule has 0 aliphatic heterocycles. The van der Waals surface area contributed by atoms with Crippen LogP contribution in [-0.2, 0) is 0 Å². The first-order valence-corrected chi connectivity index (χ1v) is 5.91. The van der Waals surface area contributed by atoms with Gasteiger partial charge in [-0.25, -0.2) is 0 Å². The summed E-state index contributed by atoms with van der Waals surface area (Å²) in [4.78, 5) is 0. The van der Waals surface area contributed by atoms with Crippen molar-refractivity contribution in [3.05, 3.63) is 26.1 Å². The number of thiophene rings is 1. The maximum absolute atomic E-state index is 6.05. The molecular formula is C9H6ClIOS. The van der Waals surface area contributed by atoms with E-state index in [-0.39, 0.29) is 0 Å². The first-order valence-electron chi connectivity index (χ1n) is 3.64. The summed E-state index contributed by atoms with van der Waals surface area (Å²) < 4.78 is 7.56. The summed E-state index contributed by atoms with van der Waals surface area (Å²) in [5, 5.41) is 1.90. The van der Waals surface area contributed by atoms with Crippen molar-refractivity contribution in [2.24, 2.45) is 0 Å². The lowest BCUT2D eigenvalue weighted by molar-refractivity contribution is 0.420. The van der Waals surface area contributed by atoms with Crippen LogP contribution in [0.25, 0.3) is 10.1 Å². The quantitative estimate of drug-likeness (QED) is 0.716. The number of ether oxygens (including phenoxy) is 1. The van der Waals surface area contributed by atoms with Crippen molar-refractivity contribution in [2.45, 2.75) is 0 Å². The number of halogens is 2. The smallest absolute Gasteiger partial charge is 0.127 e. The van der Waals surface area contributed by atoms with E-state index in [4.69, 9.17) is 16.3 Å². The molecule has 0 fully saturated rings. The zero-order valence-electron chi connectivity index (χ0n) is 6.80. The Hall–Kier alpha value is -0.000000000000000111. The van der Waals surface area contributed by atoms with Crippen molar-refractivity contribution in [1.82, 2.24) is 0 Å². The fraction of sp³-hybridized carbons (Fsp3) is 0.111. The Morgan fingerprint density at radius 2 is 2.23 bits per heavy atom. The topological polar surface area (TPSA) is 9.23 Å². The van der Waals surface area contributed by atoms with E-state index in [0.717, 1.165) is 20.9 Å². The molecule has 2 rings (SSSR count). The van der Waals surface area contributed by atoms with Crippen LogP contribution in [-0.4, -0.2) is 7.11 Å². The summed E-state index contributed by atoms with van der Waals surface area (Å²) in [7, 11) is 1.67. The van der Waals surface area contributed by atoms with E-state index < -0.39 is 0 Å². The first-order chi connectivity index (χ1) is 6.22. The molecule has 0 bridgehead atoms. The molecular weight excluding hydrogens is 319 g/mol. The third-order valence-corrected chi connectivity index (χ3v) is 4.14. The predicted octanol–water partition coefficient (Wildman–Crippen LogP) is 4.17. The molecule has 0 spiro atoms. The molecule has 1 heterocycles. The van der Waals surface area contributed by atoms with Gasteiger partial charge in [0, 0.05) is 5.39 Å². The lowest BCUT2D eigenvalue weighted by atomic mass is 10.2. The van der Waals surface area contributed by atoms with Gasteiger partial charge in [0.05, 0.1) is 19.7 Å². The lowest BCUT2D eigenvalue weighted by Gasteiger charge is -2.01. The maximum Gasteiger partial charge on any atom is 0.127 e. The highest BCUT2D eigenvalue weighted by Crippen LogP contribution is 2.37. The van der Waals surface area contributed by atoms with E-state index in [1.165, 1.54) is 2.88 Å². The summed E-state index contributed by atoms with van der Waals surface area (Å²) in [5.74, 6) is 0.888. The molecule has 1 aromatic heterocycles. The van der Waals surface area contributed by atoms with Crippen molar-refractivity contribution >= 4 is 55.6 Å². The molecule has 13 heavy (non-hydrogen) atoms. The zero-order valence-corrected chi connectivity index (χ0v) is 10.5. The molecule has 2 aromatic rings. The average Bonchev–Trinajstić information content (AvgIpc) is 2.48. The van der Waals surface area contributed by atoms with Crippen LogP contribution in [0.15, 0.2) is 18.2 Å². The molecule has 68 valence electrons. The van der Waals surface area contributed by atoms with Crippen molar-refractivity contribution in [1.29, 1.82) is 0 Å². The Labute approximate surface area is 98.8 Å². The highest BCUT2D eigenvalue weighted by atomic mass is 127. The highest BCUT2D eigenvalue weighted by molar-refractivity contribution is 14.1. The van der Waals surface area contributed by atoms with Crippen molar-refractivity contribution in [2.75, 3.05) is 7.11 Å². The number of benzene rings is 1. The van der Waals surface area contributed by atoms with E-state index in [0.29, 0.717) is 0 Å². The van der Waals surface area contributed by atoms with Crippen LogP contribution in [0.3, 0.4) is 0 Å². The summed E-state index contributed by atoms with van der Waals surface area (Å²) in [5.41, 5.74) is 0. The van der Waals surface area contributed by atoms with Gasteiger partial charge in [-0.15, -0.1) is 11.3 Å². The van der Waals surface area contributed by atoms with E-state index in [1.807, 2.05) is 12.1 Å². The number of hydrogen-bond acceptors (Lipinski definition) is 2. The van der Waals surface area contributed by atoms with E-state index in [9.17, 15) is 0 Å². The third-order valence-electron chi connectivity index (χ3n) is 1.79. The van der Waals surface area contributed by atoms with Gasteiger partial charge in [0.2, 0.25) is 0 Å². The van der Waals surface area contributed by atoms with Crippen molar-refractivity contribution in [3.63, 3.8) is 0 Å². The lowest BCUT2D eigenvalue weighted by Crippen LogP contribution is -1.81. The predicted molar refractivity (Wildman–Crippen MR) is 66.1 cm³/mol. The number of rotatable bonds is 1. The van der Waals surface area contributed by atoms with Gasteiger partial charge < -0.3 is 4.74 Å². The largest absolute Gasteiger partial charge is 0.496 e. The molecule has 0 unspecified atom stereocenters. The molecule has 1 aromatic carbocycles. The Kier molecular flexibility index (Phi) is 2.67. The van der Waals surface area contributed by atoms with Crippen LogP contribution in [0.2, 0.25) is 5.02 Å². The Morgan fingerprint density at radius 3 is 2.92 bits per heavy atom. The zero-order chi connectivity index (χ0) is 9.42. The minimum absolute atomic E-state index is 0.795. The molecule has 1 nitrogen and oxygen atoms in total. The number of fused-ring (bicyclic) bond motifs is 1. The van der Waals surface area contributed by atoms with Crippen LogP contribution in [0, 0.1) is 2.88 Å². The molecule has 0 aliphatic rings. The minimum atomic E-state index is 0.795. The Bertz CT molecular complexity index is 452. The Morgan fingerprint density at radius 1 is 1.46 bits per heavy atom. The van der Waals surface area contributed by atoms with Gasteiger partial charge >= 0.3 is 0 Å². The van der Waals surface area contributed by atoms with E-state index in [2.05, 4.69) is 28.7 Å². The first kappa shape index (κ1) is 9.55. The second kappa shape index (κ2) is 3.63. The highest BCUT2D eigenvalue weighted by Gasteiger charge is 2.08. The fourth-order valence-electron chi connectivity index (χ4n) is 1.21. The summed E-state index contributed by atoms with van der Waals surface area (Å²) in [6.07, 6.45) is 0. The van der Waals surface area contributed by atoms with Crippen LogP contribution in [0.4, 0.5) is 0 Å². The molecule has 0 N–H and O–H groups in total. The molecule has 4 heteroatoms. The second-order valence-electron chi connectivity index (χ2n) is 2.54. The van der Waals surface area contributed by atoms with Gasteiger partial charge in [-0.1, -0.05) is 11.6 Å². The van der Waals surface area contributed by atoms with Gasteiger partial charge in [-0.2, -0.15) is 0 Å². The van der Waals surface area contributed by atoms with Crippen LogP contribution in [0.1, 0.15) is 0 Å². The van der Waals surface area contributed by atoms with E-state index in [1.54, 1.807) is 18.4 Å². The number of methoxy groups -OCH3 is 1. The molecule has 0 saturated carbocycles. The standard InChI is InChI=1S/C9H6ClIOS/c1-12-7-3-2-6(10)9-5(7)4-8(11)13-9/h2-4H,1H3. The van der Waals surface area contributed by atoms with Crippen LogP contribution < -0.4 is 4.74 Å². The van der Waals surface area contributed by atoms with Gasteiger partial charge in [0.15, 0.2) is 0 Å². The monoisotopic (exact) mass is 324 g/mol. The number of hydrogen-bond donors (Lipinski definition) is 0. The second-order valence-corrected chi connectivity index (χ2v) is 5.90. The van der Waals surface area contributed by atoms with Gasteiger partial charge in [0.25, 0.3) is 0 Å². The molecule has 0 amide bonds. The van der Waals surface area contributed by atoms with Crippen LogP contribution >= 0.6 is 45.5 Å². The van der Waals surface area contributed by atoms with Crippen LogP contribution in [0.5, 0.6) is 5.75 Å². The SMILES string of the molecule is COc1ccc(Cl)c2sc(I)cc12. The molecule has 0 radical (unpaired) electrons. The van der Waals surface area contributed by atoms with E-state index >= 15 is 0 Å². The molecule has 0 saturated heterocycles. The van der Waals surface area contributed by atoms with Gasteiger partial charge in [-0.3, -0.25) is 0 Å². The summed E-state index contributed by atoms with van der Waals surface area (Å²) >= 11 is 10.0. The fourth-order valence-corrected chi connectivity index (χ4v) is 3.27. The molecule has 0 aliphatic carbocycles. The Balaban J connectivity index is 2.83. The normalized spacial score (nSPS) is 10.7. The summed E-state index contributed by atoms with van der Waals surface area (Å²) in [6, 6.07) is 5.86. The van der Waals surface area contributed by atoms with Gasteiger partial charge in [-0.05, 0) is 40.8 Å². The van der Waals surface area contributed by atoms with Crippen molar-refractivity contribution < 1.29 is 4.74 Å². The van der Waals surface area contributed by atoms with Gasteiger partial charge in [0.1, 0.15) is 5.75 Å². The maximum atomic E-state index is 6.05.